The zero-order chi connectivity index (χ0) is 16.1. The van der Waals surface area contributed by atoms with Crippen molar-refractivity contribution >= 4 is 29.1 Å². The molecule has 0 atom stereocenters. The minimum Gasteiger partial charge on any atom is -0.267 e. The zero-order valence-corrected chi connectivity index (χ0v) is 11.8. The molecule has 0 saturated carbocycles. The Kier molecular flexibility index (Phi) is 4.70. The van der Waals surface area contributed by atoms with Crippen molar-refractivity contribution in [1.29, 1.82) is 0 Å². The summed E-state index contributed by atoms with van der Waals surface area (Å²) in [6.07, 6.45) is 0. The first-order chi connectivity index (χ1) is 10.5. The van der Waals surface area contributed by atoms with E-state index in [1.54, 1.807) is 12.1 Å². The molecule has 0 aliphatic rings. The number of nitrogens with zero attached hydrogens (tertiary/aromatic N) is 1. The number of halogens is 1. The van der Waals surface area contributed by atoms with Crippen LogP contribution in [0.25, 0.3) is 0 Å². The summed E-state index contributed by atoms with van der Waals surface area (Å²) >= 11 is 5.86. The minimum atomic E-state index is -0.798. The third kappa shape index (κ3) is 3.39. The first-order valence-electron chi connectivity index (χ1n) is 6.09. The average Bonchev–Trinajstić information content (AvgIpc) is 2.52. The average molecular weight is 320 g/mol. The Morgan fingerprint density at radius 1 is 0.909 bits per heavy atom. The highest BCUT2D eigenvalue weighted by atomic mass is 35.5. The van der Waals surface area contributed by atoms with E-state index in [-0.39, 0.29) is 21.8 Å². The molecule has 0 fully saturated rings. The monoisotopic (exact) mass is 319 g/mol. The number of nitro groups is 1. The minimum absolute atomic E-state index is 0.160. The van der Waals surface area contributed by atoms with Crippen molar-refractivity contribution in [2.24, 2.45) is 0 Å². The first-order valence-corrected chi connectivity index (χ1v) is 6.47. The molecule has 8 heteroatoms. The van der Waals surface area contributed by atoms with Gasteiger partial charge < -0.3 is 0 Å². The van der Waals surface area contributed by atoms with E-state index in [0.29, 0.717) is 0 Å². The maximum Gasteiger partial charge on any atom is 0.282 e. The Bertz CT molecular complexity index is 748. The second-order valence-corrected chi connectivity index (χ2v) is 4.57. The summed E-state index contributed by atoms with van der Waals surface area (Å²) in [7, 11) is 0. The highest BCUT2D eigenvalue weighted by Gasteiger charge is 2.19. The van der Waals surface area contributed by atoms with Gasteiger partial charge in [0.05, 0.1) is 15.5 Å². The van der Waals surface area contributed by atoms with Crippen molar-refractivity contribution in [3.63, 3.8) is 0 Å². The molecule has 0 unspecified atom stereocenters. The van der Waals surface area contributed by atoms with Gasteiger partial charge in [-0.15, -0.1) is 0 Å². The van der Waals surface area contributed by atoms with Gasteiger partial charge in [-0.2, -0.15) is 0 Å². The Hall–Kier alpha value is -2.93. The summed E-state index contributed by atoms with van der Waals surface area (Å²) in [6.45, 7) is 0. The Morgan fingerprint density at radius 3 is 2.00 bits per heavy atom. The molecule has 0 aliphatic heterocycles. The second kappa shape index (κ2) is 6.68. The second-order valence-electron chi connectivity index (χ2n) is 4.16. The summed E-state index contributed by atoms with van der Waals surface area (Å²) in [5.74, 6) is -1.43. The number of para-hydroxylation sites is 1. The van der Waals surface area contributed by atoms with E-state index in [4.69, 9.17) is 11.6 Å². The largest absolute Gasteiger partial charge is 0.282 e. The van der Waals surface area contributed by atoms with E-state index in [1.165, 1.54) is 36.4 Å². The van der Waals surface area contributed by atoms with Crippen LogP contribution in [0.2, 0.25) is 5.02 Å². The molecule has 0 spiro atoms. The molecule has 2 N–H and O–H groups in total. The Balaban J connectivity index is 2.09. The maximum absolute atomic E-state index is 11.9. The van der Waals surface area contributed by atoms with Crippen molar-refractivity contribution in [2.75, 3.05) is 0 Å². The van der Waals surface area contributed by atoms with Gasteiger partial charge in [-0.05, 0) is 18.2 Å². The van der Waals surface area contributed by atoms with Gasteiger partial charge in [-0.3, -0.25) is 30.6 Å². The molecule has 0 aliphatic carbocycles. The van der Waals surface area contributed by atoms with Crippen molar-refractivity contribution in [3.05, 3.63) is 74.8 Å². The molecule has 2 rings (SSSR count). The van der Waals surface area contributed by atoms with E-state index in [1.807, 2.05) is 0 Å². The van der Waals surface area contributed by atoms with Gasteiger partial charge in [-0.1, -0.05) is 35.9 Å². The third-order valence-corrected chi connectivity index (χ3v) is 3.08. The molecule has 2 aromatic rings. The fraction of sp³-hybridized carbons (Fsp3) is 0. The van der Waals surface area contributed by atoms with Crippen molar-refractivity contribution in [3.8, 4) is 0 Å². The van der Waals surface area contributed by atoms with E-state index < -0.39 is 16.7 Å². The van der Waals surface area contributed by atoms with Crippen molar-refractivity contribution < 1.29 is 14.5 Å². The number of amides is 2. The number of nitrogens with one attached hydrogen (secondary N) is 2. The third-order valence-electron chi connectivity index (χ3n) is 2.75. The van der Waals surface area contributed by atoms with Crippen molar-refractivity contribution in [1.82, 2.24) is 10.9 Å². The predicted molar refractivity (Wildman–Crippen MR) is 79.5 cm³/mol. The van der Waals surface area contributed by atoms with Gasteiger partial charge in [0.25, 0.3) is 17.5 Å². The molecular formula is C14H10ClN3O4. The summed E-state index contributed by atoms with van der Waals surface area (Å²) < 4.78 is 0. The Labute approximate surface area is 130 Å². The quantitative estimate of drug-likeness (QED) is 0.669. The maximum atomic E-state index is 11.9. The predicted octanol–water partition coefficient (Wildman–Crippen LogP) is 2.32. The molecule has 7 nitrogen and oxygen atoms in total. The zero-order valence-electron chi connectivity index (χ0n) is 11.1. The number of carbonyl (C=O) groups is 2. The van der Waals surface area contributed by atoms with Gasteiger partial charge in [0.1, 0.15) is 5.56 Å². The number of hydrazine groups is 1. The number of rotatable bonds is 3. The van der Waals surface area contributed by atoms with Crippen LogP contribution >= 0.6 is 11.6 Å². The van der Waals surface area contributed by atoms with Crippen LogP contribution in [0.1, 0.15) is 20.7 Å². The van der Waals surface area contributed by atoms with Crippen LogP contribution in [0.3, 0.4) is 0 Å². The normalized spacial score (nSPS) is 9.86. The van der Waals surface area contributed by atoms with Crippen LogP contribution in [-0.2, 0) is 0 Å². The summed E-state index contributed by atoms with van der Waals surface area (Å²) in [4.78, 5) is 34.0. The van der Waals surface area contributed by atoms with Crippen LogP contribution in [0.4, 0.5) is 5.69 Å². The van der Waals surface area contributed by atoms with Crippen LogP contribution in [0, 0.1) is 10.1 Å². The fourth-order valence-electron chi connectivity index (χ4n) is 1.72. The number of nitro benzene ring substituents is 1. The Morgan fingerprint density at radius 2 is 1.41 bits per heavy atom. The summed E-state index contributed by atoms with van der Waals surface area (Å²) in [6, 6.07) is 11.7. The lowest BCUT2D eigenvalue weighted by atomic mass is 10.2. The van der Waals surface area contributed by atoms with Crippen molar-refractivity contribution in [2.45, 2.75) is 0 Å². The lowest BCUT2D eigenvalue weighted by Gasteiger charge is -2.08. The molecule has 0 radical (unpaired) electrons. The molecule has 22 heavy (non-hydrogen) atoms. The number of benzene rings is 2. The molecule has 112 valence electrons. The van der Waals surface area contributed by atoms with Crippen LogP contribution in [0.5, 0.6) is 0 Å². The number of hydrogen-bond acceptors (Lipinski definition) is 4. The fourth-order valence-corrected chi connectivity index (χ4v) is 1.94. The van der Waals surface area contributed by atoms with E-state index in [2.05, 4.69) is 10.9 Å². The lowest BCUT2D eigenvalue weighted by molar-refractivity contribution is -0.385. The molecule has 2 amide bonds. The van der Waals surface area contributed by atoms with Gasteiger partial charge in [0, 0.05) is 6.07 Å². The van der Waals surface area contributed by atoms with Gasteiger partial charge in [0.2, 0.25) is 0 Å². The van der Waals surface area contributed by atoms with E-state index in [0.717, 1.165) is 0 Å². The van der Waals surface area contributed by atoms with Crippen LogP contribution < -0.4 is 10.9 Å². The molecule has 0 heterocycles. The topological polar surface area (TPSA) is 101 Å². The van der Waals surface area contributed by atoms with Crippen LogP contribution in [0.15, 0.2) is 48.5 Å². The van der Waals surface area contributed by atoms with Gasteiger partial charge in [0.15, 0.2) is 0 Å². The standard InChI is InChI=1S/C14H10ClN3O4/c15-11-7-3-1-5-9(11)13(19)16-17-14(20)10-6-2-4-8-12(10)18(21)22/h1-8H,(H,16,19)(H,17,20). The van der Waals surface area contributed by atoms with Gasteiger partial charge in [-0.25, -0.2) is 0 Å². The lowest BCUT2D eigenvalue weighted by Crippen LogP contribution is -2.41. The highest BCUT2D eigenvalue weighted by Crippen LogP contribution is 2.17. The number of hydrogen-bond donors (Lipinski definition) is 2. The molecule has 0 bridgehead atoms. The summed E-state index contributed by atoms with van der Waals surface area (Å²) in [5, 5.41) is 11.1. The highest BCUT2D eigenvalue weighted by molar-refractivity contribution is 6.33. The van der Waals surface area contributed by atoms with E-state index >= 15 is 0 Å². The summed E-state index contributed by atoms with van der Waals surface area (Å²) in [5.41, 5.74) is 3.94. The molecule has 2 aromatic carbocycles. The first kappa shape index (κ1) is 15.5. The SMILES string of the molecule is O=C(NNC(=O)c1ccccc1[N+](=O)[O-])c1ccccc1Cl. The molecule has 0 saturated heterocycles. The van der Waals surface area contributed by atoms with Gasteiger partial charge >= 0.3 is 0 Å². The number of carbonyl (C=O) groups excluding carboxylic acids is 2. The molecule has 0 aromatic heterocycles. The molecular weight excluding hydrogens is 310 g/mol. The smallest absolute Gasteiger partial charge is 0.267 e. The van der Waals surface area contributed by atoms with E-state index in [9.17, 15) is 19.7 Å². The van der Waals surface area contributed by atoms with Crippen LogP contribution in [-0.4, -0.2) is 16.7 Å².